The lowest BCUT2D eigenvalue weighted by Gasteiger charge is -2.37. The van der Waals surface area contributed by atoms with Crippen molar-refractivity contribution < 1.29 is 19.1 Å². The van der Waals surface area contributed by atoms with Gasteiger partial charge in [0.25, 0.3) is 11.8 Å². The Morgan fingerprint density at radius 1 is 1.10 bits per heavy atom. The van der Waals surface area contributed by atoms with Crippen molar-refractivity contribution >= 4 is 35.0 Å². The van der Waals surface area contributed by atoms with E-state index in [1.54, 1.807) is 35.2 Å². The second-order valence-electron chi connectivity index (χ2n) is 10.3. The predicted molar refractivity (Wildman–Crippen MR) is 153 cm³/mol. The van der Waals surface area contributed by atoms with E-state index in [1.165, 1.54) is 6.20 Å². The maximum Gasteiger partial charge on any atom is 0.271 e. The largest absolute Gasteiger partial charge is 0.378 e. The molecule has 0 bridgehead atoms. The molecule has 1 atom stereocenters. The summed E-state index contributed by atoms with van der Waals surface area (Å²) in [4.78, 5) is 54.1. The zero-order valence-corrected chi connectivity index (χ0v) is 23.4. The van der Waals surface area contributed by atoms with E-state index >= 15 is 0 Å². The van der Waals surface area contributed by atoms with Gasteiger partial charge in [0.1, 0.15) is 5.82 Å². The first-order valence-electron chi connectivity index (χ1n) is 13.5. The SMILES string of the molecule is CN(C)CC=CC(=O)N1CCCC(N(C)c2cnc(C(N)=O)c(Nc3ccc(C(=O)N4CCOCC4)cc3)n2)C1. The van der Waals surface area contributed by atoms with Crippen LogP contribution in [0.15, 0.2) is 42.6 Å². The van der Waals surface area contributed by atoms with Crippen molar-refractivity contribution in [1.29, 1.82) is 0 Å². The number of likely N-dealkylation sites (N-methyl/N-ethyl adjacent to an activating group) is 2. The number of nitrogens with two attached hydrogens (primary N) is 1. The molecule has 3 heterocycles. The molecule has 0 aliphatic carbocycles. The van der Waals surface area contributed by atoms with Gasteiger partial charge in [-0.1, -0.05) is 6.08 Å². The summed E-state index contributed by atoms with van der Waals surface area (Å²) < 4.78 is 5.32. The first-order valence-corrected chi connectivity index (χ1v) is 13.5. The van der Waals surface area contributed by atoms with E-state index < -0.39 is 5.91 Å². The molecular formula is C28H38N8O4. The quantitative estimate of drug-likeness (QED) is 0.443. The van der Waals surface area contributed by atoms with Crippen LogP contribution in [0.2, 0.25) is 0 Å². The molecule has 12 heteroatoms. The van der Waals surface area contributed by atoms with E-state index in [2.05, 4.69) is 15.3 Å². The number of piperidine rings is 1. The number of morpholine rings is 1. The third-order valence-electron chi connectivity index (χ3n) is 7.03. The number of benzene rings is 1. The number of nitrogens with zero attached hydrogens (tertiary/aromatic N) is 6. The molecule has 214 valence electrons. The molecule has 2 saturated heterocycles. The molecule has 0 spiro atoms. The number of aromatic nitrogens is 2. The minimum absolute atomic E-state index is 0.00647. The van der Waals surface area contributed by atoms with E-state index in [0.717, 1.165) is 12.8 Å². The van der Waals surface area contributed by atoms with Gasteiger partial charge in [0.05, 0.1) is 19.4 Å². The average Bonchev–Trinajstić information content (AvgIpc) is 2.97. The van der Waals surface area contributed by atoms with Gasteiger partial charge < -0.3 is 35.4 Å². The Morgan fingerprint density at radius 3 is 2.50 bits per heavy atom. The molecule has 2 aliphatic heterocycles. The predicted octanol–water partition coefficient (Wildman–Crippen LogP) is 1.34. The zero-order chi connectivity index (χ0) is 28.6. The number of carbonyl (C=O) groups is 3. The van der Waals surface area contributed by atoms with Crippen LogP contribution in [0, 0.1) is 0 Å². The van der Waals surface area contributed by atoms with Crippen LogP contribution in [0.25, 0.3) is 0 Å². The lowest BCUT2D eigenvalue weighted by molar-refractivity contribution is -0.127. The molecule has 3 amide bonds. The Labute approximate surface area is 234 Å². The van der Waals surface area contributed by atoms with E-state index in [-0.39, 0.29) is 29.4 Å². The number of rotatable bonds is 9. The van der Waals surface area contributed by atoms with E-state index in [4.69, 9.17) is 10.5 Å². The zero-order valence-electron chi connectivity index (χ0n) is 23.4. The van der Waals surface area contributed by atoms with Gasteiger partial charge >= 0.3 is 0 Å². The summed E-state index contributed by atoms with van der Waals surface area (Å²) in [5.74, 6) is 0.00750. The number of hydrogen-bond donors (Lipinski definition) is 2. The second-order valence-corrected chi connectivity index (χ2v) is 10.3. The summed E-state index contributed by atoms with van der Waals surface area (Å²) in [7, 11) is 5.82. The molecule has 12 nitrogen and oxygen atoms in total. The molecular weight excluding hydrogens is 512 g/mol. The molecule has 1 unspecified atom stereocenters. The number of carbonyl (C=O) groups excluding carboxylic acids is 3. The van der Waals surface area contributed by atoms with Crippen LogP contribution >= 0.6 is 0 Å². The summed E-state index contributed by atoms with van der Waals surface area (Å²) in [6.45, 7) is 4.17. The van der Waals surface area contributed by atoms with E-state index in [9.17, 15) is 14.4 Å². The molecule has 0 radical (unpaired) electrons. The summed E-state index contributed by atoms with van der Waals surface area (Å²) >= 11 is 0. The van der Waals surface area contributed by atoms with Crippen LogP contribution in [0.5, 0.6) is 0 Å². The Bertz CT molecular complexity index is 1230. The molecule has 0 saturated carbocycles. The number of nitrogens with one attached hydrogen (secondary N) is 1. The molecule has 40 heavy (non-hydrogen) atoms. The lowest BCUT2D eigenvalue weighted by atomic mass is 10.0. The normalized spacial score (nSPS) is 17.8. The molecule has 1 aromatic heterocycles. The molecule has 2 fully saturated rings. The van der Waals surface area contributed by atoms with Gasteiger partial charge in [-0.05, 0) is 51.2 Å². The number of likely N-dealkylation sites (tertiary alicyclic amines) is 1. The number of ether oxygens (including phenoxy) is 1. The van der Waals surface area contributed by atoms with Gasteiger partial charge in [-0.3, -0.25) is 14.4 Å². The summed E-state index contributed by atoms with van der Waals surface area (Å²) in [5, 5.41) is 3.13. The topological polar surface area (TPSA) is 137 Å². The van der Waals surface area contributed by atoms with Gasteiger partial charge in [0, 0.05) is 63.1 Å². The number of primary amides is 1. The van der Waals surface area contributed by atoms with Crippen molar-refractivity contribution in [2.75, 3.05) is 77.3 Å². The van der Waals surface area contributed by atoms with Gasteiger partial charge in [-0.15, -0.1) is 0 Å². The minimum Gasteiger partial charge on any atom is -0.378 e. The molecule has 2 aromatic rings. The van der Waals surface area contributed by atoms with Crippen molar-refractivity contribution in [2.24, 2.45) is 5.73 Å². The first-order chi connectivity index (χ1) is 19.2. The van der Waals surface area contributed by atoms with E-state index in [0.29, 0.717) is 63.0 Å². The molecule has 4 rings (SSSR count). The van der Waals surface area contributed by atoms with Crippen molar-refractivity contribution in [3.8, 4) is 0 Å². The van der Waals surface area contributed by atoms with Gasteiger partial charge in [-0.25, -0.2) is 9.97 Å². The fourth-order valence-corrected chi connectivity index (χ4v) is 4.73. The maximum atomic E-state index is 12.8. The smallest absolute Gasteiger partial charge is 0.271 e. The van der Waals surface area contributed by atoms with Crippen LogP contribution in [-0.4, -0.2) is 116 Å². The fraction of sp³-hybridized carbons (Fsp3) is 0.464. The van der Waals surface area contributed by atoms with Crippen molar-refractivity contribution in [2.45, 2.75) is 18.9 Å². The third kappa shape index (κ3) is 7.33. The Kier molecular flexibility index (Phi) is 9.67. The van der Waals surface area contributed by atoms with E-state index in [1.807, 2.05) is 41.9 Å². The summed E-state index contributed by atoms with van der Waals surface area (Å²) in [6, 6.07) is 7.00. The summed E-state index contributed by atoms with van der Waals surface area (Å²) in [6.07, 6.45) is 6.78. The van der Waals surface area contributed by atoms with Gasteiger partial charge in [0.15, 0.2) is 11.5 Å². The highest BCUT2D eigenvalue weighted by Crippen LogP contribution is 2.25. The number of amides is 3. The second kappa shape index (κ2) is 13.4. The van der Waals surface area contributed by atoms with Crippen LogP contribution in [0.1, 0.15) is 33.7 Å². The van der Waals surface area contributed by atoms with Crippen molar-refractivity contribution in [3.63, 3.8) is 0 Å². The van der Waals surface area contributed by atoms with Gasteiger partial charge in [-0.2, -0.15) is 0 Å². The average molecular weight is 551 g/mol. The molecule has 3 N–H and O–H groups in total. The monoisotopic (exact) mass is 550 g/mol. The highest BCUT2D eigenvalue weighted by molar-refractivity contribution is 5.97. The standard InChI is InChI=1S/C28H38N8O4/c1-33(2)12-5-7-24(37)36-13-4-6-22(19-36)34(3)23-18-30-25(26(29)38)27(32-23)31-21-10-8-20(9-11-21)28(39)35-14-16-40-17-15-35/h5,7-11,18,22H,4,6,12-17,19H2,1-3H3,(H2,29,38)(H,31,32). The first kappa shape index (κ1) is 29.0. The highest BCUT2D eigenvalue weighted by atomic mass is 16.5. The third-order valence-corrected chi connectivity index (χ3v) is 7.03. The number of hydrogen-bond acceptors (Lipinski definition) is 9. The molecule has 1 aromatic carbocycles. The lowest BCUT2D eigenvalue weighted by Crippen LogP contribution is -2.48. The highest BCUT2D eigenvalue weighted by Gasteiger charge is 2.27. The number of anilines is 3. The Morgan fingerprint density at radius 2 is 1.82 bits per heavy atom. The van der Waals surface area contributed by atoms with Crippen molar-refractivity contribution in [3.05, 3.63) is 53.9 Å². The van der Waals surface area contributed by atoms with Gasteiger partial charge in [0.2, 0.25) is 5.91 Å². The van der Waals surface area contributed by atoms with Crippen LogP contribution in [-0.2, 0) is 9.53 Å². The minimum atomic E-state index is -0.706. The fourth-order valence-electron chi connectivity index (χ4n) is 4.73. The van der Waals surface area contributed by atoms with Crippen molar-refractivity contribution in [1.82, 2.24) is 24.7 Å². The molecule has 2 aliphatic rings. The maximum absolute atomic E-state index is 12.8. The summed E-state index contributed by atoms with van der Waals surface area (Å²) in [5.41, 5.74) is 6.79. The van der Waals surface area contributed by atoms with Crippen LogP contribution in [0.4, 0.5) is 17.3 Å². The van der Waals surface area contributed by atoms with Crippen LogP contribution in [0.3, 0.4) is 0 Å². The Balaban J connectivity index is 1.46. The Hall–Kier alpha value is -4.03. The van der Waals surface area contributed by atoms with Crippen LogP contribution < -0.4 is 16.0 Å².